The number of rotatable bonds is 7. The second-order valence-electron chi connectivity index (χ2n) is 5.28. The van der Waals surface area contributed by atoms with Gasteiger partial charge in [-0.15, -0.1) is 0 Å². The summed E-state index contributed by atoms with van der Waals surface area (Å²) in [6.45, 7) is 0. The fraction of sp³-hybridized carbons (Fsp3) is 0.211. The molecular formula is C19H20BrNO2. The molecule has 0 aliphatic carbocycles. The second kappa shape index (κ2) is 9.28. The standard InChI is InChI=1S/C19H20BrNO2/c20-17-12-10-16(11-13-17)19(21-23)8-4-7-18(22)14-9-15-5-2-1-3-6-15/h1-7,10-13,18,22-23H,8-9,14H2/b7-4+,21-19-/t18-/m0/s1. The summed E-state index contributed by atoms with van der Waals surface area (Å²) in [5, 5.41) is 22.5. The van der Waals surface area contributed by atoms with E-state index < -0.39 is 6.10 Å². The maximum absolute atomic E-state index is 10.0. The second-order valence-corrected chi connectivity index (χ2v) is 6.19. The number of benzene rings is 2. The van der Waals surface area contributed by atoms with E-state index in [9.17, 15) is 5.11 Å². The number of aliphatic hydroxyl groups is 1. The first-order valence-electron chi connectivity index (χ1n) is 7.54. The van der Waals surface area contributed by atoms with Crippen molar-refractivity contribution in [3.05, 3.63) is 82.3 Å². The summed E-state index contributed by atoms with van der Waals surface area (Å²) in [5.74, 6) is 0. The predicted octanol–water partition coefficient (Wildman–Crippen LogP) is 4.57. The van der Waals surface area contributed by atoms with Gasteiger partial charge in [-0.3, -0.25) is 0 Å². The molecule has 2 rings (SSSR count). The van der Waals surface area contributed by atoms with Crippen LogP contribution in [-0.4, -0.2) is 22.1 Å². The molecule has 3 nitrogen and oxygen atoms in total. The Balaban J connectivity index is 1.83. The van der Waals surface area contributed by atoms with Crippen LogP contribution in [0.4, 0.5) is 0 Å². The van der Waals surface area contributed by atoms with Gasteiger partial charge in [-0.1, -0.05) is 75.7 Å². The van der Waals surface area contributed by atoms with Crippen molar-refractivity contribution in [2.24, 2.45) is 5.16 Å². The Labute approximate surface area is 145 Å². The van der Waals surface area contributed by atoms with E-state index in [0.29, 0.717) is 18.6 Å². The van der Waals surface area contributed by atoms with Gasteiger partial charge in [-0.2, -0.15) is 0 Å². The summed E-state index contributed by atoms with van der Waals surface area (Å²) in [4.78, 5) is 0. The molecular weight excluding hydrogens is 354 g/mol. The minimum atomic E-state index is -0.500. The number of halogens is 1. The first-order chi connectivity index (χ1) is 11.2. The molecule has 0 aliphatic rings. The van der Waals surface area contributed by atoms with Gasteiger partial charge in [0.05, 0.1) is 11.8 Å². The number of nitrogens with zero attached hydrogens (tertiary/aromatic N) is 1. The van der Waals surface area contributed by atoms with E-state index in [1.165, 1.54) is 5.56 Å². The first-order valence-corrected chi connectivity index (χ1v) is 8.34. The van der Waals surface area contributed by atoms with Crippen molar-refractivity contribution in [3.63, 3.8) is 0 Å². The number of oxime groups is 1. The summed E-state index contributed by atoms with van der Waals surface area (Å²) in [6, 6.07) is 17.7. The minimum absolute atomic E-state index is 0.473. The van der Waals surface area contributed by atoms with Gasteiger partial charge in [-0.05, 0) is 36.1 Å². The molecule has 0 unspecified atom stereocenters. The number of aliphatic hydroxyl groups excluding tert-OH is 1. The highest BCUT2D eigenvalue weighted by Gasteiger charge is 2.04. The highest BCUT2D eigenvalue weighted by Crippen LogP contribution is 2.13. The molecule has 0 saturated heterocycles. The van der Waals surface area contributed by atoms with Crippen molar-refractivity contribution in [1.82, 2.24) is 0 Å². The third-order valence-corrected chi connectivity index (χ3v) is 4.07. The number of allylic oxidation sites excluding steroid dienone is 1. The van der Waals surface area contributed by atoms with Crippen LogP contribution >= 0.6 is 15.9 Å². The summed E-state index contributed by atoms with van der Waals surface area (Å²) >= 11 is 3.38. The normalized spacial score (nSPS) is 13.4. The third kappa shape index (κ3) is 6.00. The zero-order valence-electron chi connectivity index (χ0n) is 12.8. The summed E-state index contributed by atoms with van der Waals surface area (Å²) in [5.41, 5.74) is 2.65. The molecule has 0 radical (unpaired) electrons. The van der Waals surface area contributed by atoms with Crippen LogP contribution in [0.2, 0.25) is 0 Å². The molecule has 0 fully saturated rings. The Morgan fingerprint density at radius 1 is 1.09 bits per heavy atom. The van der Waals surface area contributed by atoms with Gasteiger partial charge in [0.1, 0.15) is 0 Å². The van der Waals surface area contributed by atoms with E-state index in [-0.39, 0.29) is 0 Å². The van der Waals surface area contributed by atoms with E-state index in [1.54, 1.807) is 6.08 Å². The molecule has 4 heteroatoms. The van der Waals surface area contributed by atoms with Crippen molar-refractivity contribution in [2.45, 2.75) is 25.4 Å². The maximum Gasteiger partial charge on any atom is 0.0905 e. The van der Waals surface area contributed by atoms with Gasteiger partial charge in [0.25, 0.3) is 0 Å². The summed E-state index contributed by atoms with van der Waals surface area (Å²) in [6.07, 6.45) is 5.07. The van der Waals surface area contributed by atoms with Crippen molar-refractivity contribution in [1.29, 1.82) is 0 Å². The Kier molecular flexibility index (Phi) is 7.04. The Morgan fingerprint density at radius 2 is 1.78 bits per heavy atom. The molecule has 2 N–H and O–H groups in total. The van der Waals surface area contributed by atoms with Crippen LogP contribution in [0, 0.1) is 0 Å². The average molecular weight is 374 g/mol. The molecule has 0 aromatic heterocycles. The fourth-order valence-electron chi connectivity index (χ4n) is 2.25. The molecule has 120 valence electrons. The topological polar surface area (TPSA) is 52.8 Å². The molecule has 0 spiro atoms. The lowest BCUT2D eigenvalue weighted by atomic mass is 10.0. The molecule has 1 atom stereocenters. The summed E-state index contributed by atoms with van der Waals surface area (Å²) in [7, 11) is 0. The molecule has 2 aromatic carbocycles. The molecule has 0 amide bonds. The van der Waals surface area contributed by atoms with Crippen LogP contribution in [-0.2, 0) is 6.42 Å². The van der Waals surface area contributed by atoms with Gasteiger partial charge >= 0.3 is 0 Å². The minimum Gasteiger partial charge on any atom is -0.411 e. The Morgan fingerprint density at radius 3 is 2.43 bits per heavy atom. The van der Waals surface area contributed by atoms with Gasteiger partial charge in [0, 0.05) is 10.9 Å². The van der Waals surface area contributed by atoms with Crippen LogP contribution < -0.4 is 0 Å². The van der Waals surface area contributed by atoms with E-state index in [1.807, 2.05) is 48.5 Å². The van der Waals surface area contributed by atoms with Crippen LogP contribution in [0.5, 0.6) is 0 Å². The number of aryl methyl sites for hydroxylation is 1. The zero-order valence-corrected chi connectivity index (χ0v) is 14.4. The SMILES string of the molecule is O/N=C(/C/C=C/[C@H](O)CCc1ccccc1)c1ccc(Br)cc1. The van der Waals surface area contributed by atoms with Crippen LogP contribution in [0.25, 0.3) is 0 Å². The largest absolute Gasteiger partial charge is 0.411 e. The van der Waals surface area contributed by atoms with E-state index in [4.69, 9.17) is 5.21 Å². The van der Waals surface area contributed by atoms with Crippen molar-refractivity contribution < 1.29 is 10.3 Å². The lowest BCUT2D eigenvalue weighted by molar-refractivity contribution is 0.213. The quantitative estimate of drug-likeness (QED) is 0.323. The van der Waals surface area contributed by atoms with Crippen LogP contribution in [0.1, 0.15) is 24.0 Å². The van der Waals surface area contributed by atoms with Crippen LogP contribution in [0.15, 0.2) is 76.4 Å². The van der Waals surface area contributed by atoms with Gasteiger partial charge in [0.15, 0.2) is 0 Å². The molecule has 0 bridgehead atoms. The summed E-state index contributed by atoms with van der Waals surface area (Å²) < 4.78 is 0.977. The average Bonchev–Trinajstić information content (AvgIpc) is 2.59. The van der Waals surface area contributed by atoms with Crippen LogP contribution in [0.3, 0.4) is 0 Å². The monoisotopic (exact) mass is 373 g/mol. The van der Waals surface area contributed by atoms with Gasteiger partial charge in [0.2, 0.25) is 0 Å². The fourth-order valence-corrected chi connectivity index (χ4v) is 2.52. The molecule has 0 saturated carbocycles. The Hall–Kier alpha value is -1.91. The lowest BCUT2D eigenvalue weighted by Gasteiger charge is -2.06. The van der Waals surface area contributed by atoms with Gasteiger partial charge in [-0.25, -0.2) is 0 Å². The number of hydrogen-bond acceptors (Lipinski definition) is 3. The molecule has 2 aromatic rings. The highest BCUT2D eigenvalue weighted by molar-refractivity contribution is 9.10. The number of hydrogen-bond donors (Lipinski definition) is 2. The third-order valence-electron chi connectivity index (χ3n) is 3.54. The van der Waals surface area contributed by atoms with E-state index in [0.717, 1.165) is 16.5 Å². The van der Waals surface area contributed by atoms with E-state index in [2.05, 4.69) is 33.2 Å². The Bertz CT molecular complexity index is 651. The van der Waals surface area contributed by atoms with Crippen molar-refractivity contribution in [2.75, 3.05) is 0 Å². The smallest absolute Gasteiger partial charge is 0.0905 e. The molecule has 0 heterocycles. The lowest BCUT2D eigenvalue weighted by Crippen LogP contribution is -2.05. The first kappa shape index (κ1) is 17.4. The highest BCUT2D eigenvalue weighted by atomic mass is 79.9. The van der Waals surface area contributed by atoms with Gasteiger partial charge < -0.3 is 10.3 Å². The maximum atomic E-state index is 10.0. The molecule has 0 aliphatic heterocycles. The van der Waals surface area contributed by atoms with Crippen molar-refractivity contribution >= 4 is 21.6 Å². The molecule has 23 heavy (non-hydrogen) atoms. The van der Waals surface area contributed by atoms with E-state index >= 15 is 0 Å². The zero-order chi connectivity index (χ0) is 16.5. The van der Waals surface area contributed by atoms with Crippen molar-refractivity contribution in [3.8, 4) is 0 Å². The predicted molar refractivity (Wildman–Crippen MR) is 97.0 cm³/mol.